The smallest absolute Gasteiger partial charge is 0.0320 e. The Morgan fingerprint density at radius 3 is 2.77 bits per heavy atom. The van der Waals surface area contributed by atoms with E-state index in [0.29, 0.717) is 0 Å². The van der Waals surface area contributed by atoms with Gasteiger partial charge in [-0.3, -0.25) is 0 Å². The quantitative estimate of drug-likeness (QED) is 0.648. The predicted molar refractivity (Wildman–Crippen MR) is 57.3 cm³/mol. The van der Waals surface area contributed by atoms with Crippen LogP contribution >= 0.6 is 0 Å². The maximum absolute atomic E-state index is 5.74. The standard InChI is InChI=1S/C12H15N/c13-12-8-4-7-11(9-12)10-5-2-1-3-6-10/h4-5,7-9H,1-3,6,13H2. The SMILES string of the molecule is Nc1cccc(C2=CCCCC2)c1. The number of nitrogens with two attached hydrogens (primary N) is 1. The summed E-state index contributed by atoms with van der Waals surface area (Å²) in [5.41, 5.74) is 9.38. The van der Waals surface area contributed by atoms with Crippen LogP contribution in [0, 0.1) is 0 Å². The maximum Gasteiger partial charge on any atom is 0.0320 e. The van der Waals surface area contributed by atoms with Gasteiger partial charge in [-0.2, -0.15) is 0 Å². The second-order valence-corrected chi connectivity index (χ2v) is 3.60. The van der Waals surface area contributed by atoms with Gasteiger partial charge in [0.25, 0.3) is 0 Å². The predicted octanol–water partition coefficient (Wildman–Crippen LogP) is 3.23. The van der Waals surface area contributed by atoms with Crippen molar-refractivity contribution >= 4 is 11.3 Å². The molecule has 0 fully saturated rings. The molecule has 1 heteroatoms. The van der Waals surface area contributed by atoms with Crippen LogP contribution < -0.4 is 5.73 Å². The van der Waals surface area contributed by atoms with Gasteiger partial charge in [-0.25, -0.2) is 0 Å². The molecular formula is C12H15N. The zero-order chi connectivity index (χ0) is 9.10. The Balaban J connectivity index is 2.29. The lowest BCUT2D eigenvalue weighted by molar-refractivity contribution is 0.742. The molecule has 0 heterocycles. The summed E-state index contributed by atoms with van der Waals surface area (Å²) in [7, 11) is 0. The van der Waals surface area contributed by atoms with Crippen LogP contribution in [-0.2, 0) is 0 Å². The van der Waals surface area contributed by atoms with Crippen LogP contribution in [0.25, 0.3) is 5.57 Å². The highest BCUT2D eigenvalue weighted by Crippen LogP contribution is 2.27. The molecule has 1 aliphatic rings. The molecule has 2 rings (SSSR count). The van der Waals surface area contributed by atoms with Crippen molar-refractivity contribution in [1.29, 1.82) is 0 Å². The van der Waals surface area contributed by atoms with Crippen LogP contribution in [0.2, 0.25) is 0 Å². The molecule has 1 aromatic carbocycles. The number of hydrogen-bond acceptors (Lipinski definition) is 1. The van der Waals surface area contributed by atoms with Crippen molar-refractivity contribution in [3.05, 3.63) is 35.9 Å². The first-order chi connectivity index (χ1) is 6.36. The van der Waals surface area contributed by atoms with Gasteiger partial charge in [0.05, 0.1) is 0 Å². The average Bonchev–Trinajstić information content (AvgIpc) is 2.19. The summed E-state index contributed by atoms with van der Waals surface area (Å²) in [6.07, 6.45) is 7.44. The molecule has 0 amide bonds. The Kier molecular flexibility index (Phi) is 2.35. The second kappa shape index (κ2) is 3.65. The topological polar surface area (TPSA) is 26.0 Å². The fraction of sp³-hybridized carbons (Fsp3) is 0.333. The molecule has 0 spiro atoms. The Morgan fingerprint density at radius 1 is 1.15 bits per heavy atom. The lowest BCUT2D eigenvalue weighted by atomic mass is 9.93. The van der Waals surface area contributed by atoms with Crippen LogP contribution in [0.5, 0.6) is 0 Å². The van der Waals surface area contributed by atoms with E-state index in [1.54, 1.807) is 0 Å². The minimum Gasteiger partial charge on any atom is -0.399 e. The number of allylic oxidation sites excluding steroid dienone is 2. The Hall–Kier alpha value is -1.24. The maximum atomic E-state index is 5.74. The number of rotatable bonds is 1. The summed E-state index contributed by atoms with van der Waals surface area (Å²) in [6.45, 7) is 0. The molecule has 13 heavy (non-hydrogen) atoms. The molecule has 0 radical (unpaired) electrons. The number of hydrogen-bond donors (Lipinski definition) is 1. The molecule has 0 saturated heterocycles. The van der Waals surface area contributed by atoms with E-state index in [4.69, 9.17) is 5.73 Å². The van der Waals surface area contributed by atoms with E-state index in [1.807, 2.05) is 12.1 Å². The first-order valence-electron chi connectivity index (χ1n) is 4.91. The molecule has 0 aliphatic heterocycles. The van der Waals surface area contributed by atoms with E-state index in [-0.39, 0.29) is 0 Å². The van der Waals surface area contributed by atoms with Gasteiger partial charge in [-0.05, 0) is 49.0 Å². The molecule has 1 aromatic rings. The summed E-state index contributed by atoms with van der Waals surface area (Å²) < 4.78 is 0. The zero-order valence-corrected chi connectivity index (χ0v) is 7.79. The third-order valence-electron chi connectivity index (χ3n) is 2.55. The van der Waals surface area contributed by atoms with Gasteiger partial charge in [0.15, 0.2) is 0 Å². The fourth-order valence-electron chi connectivity index (χ4n) is 1.84. The highest BCUT2D eigenvalue weighted by molar-refractivity contribution is 5.68. The first-order valence-corrected chi connectivity index (χ1v) is 4.91. The van der Waals surface area contributed by atoms with Crippen LogP contribution in [0.15, 0.2) is 30.3 Å². The number of benzene rings is 1. The van der Waals surface area contributed by atoms with Crippen molar-refractivity contribution in [3.8, 4) is 0 Å². The van der Waals surface area contributed by atoms with Gasteiger partial charge in [0.2, 0.25) is 0 Å². The highest BCUT2D eigenvalue weighted by Gasteiger charge is 2.05. The van der Waals surface area contributed by atoms with E-state index >= 15 is 0 Å². The summed E-state index contributed by atoms with van der Waals surface area (Å²) in [6, 6.07) is 8.18. The Bertz CT molecular complexity index is 326. The molecule has 0 aromatic heterocycles. The third kappa shape index (κ3) is 1.92. The fourth-order valence-corrected chi connectivity index (χ4v) is 1.84. The largest absolute Gasteiger partial charge is 0.399 e. The molecule has 0 saturated carbocycles. The van der Waals surface area contributed by atoms with Crippen molar-refractivity contribution < 1.29 is 0 Å². The van der Waals surface area contributed by atoms with Crippen LogP contribution in [0.4, 0.5) is 5.69 Å². The Morgan fingerprint density at radius 2 is 2.08 bits per heavy atom. The minimum atomic E-state index is 0.865. The van der Waals surface area contributed by atoms with Crippen LogP contribution in [0.1, 0.15) is 31.2 Å². The summed E-state index contributed by atoms with van der Waals surface area (Å²) in [5.74, 6) is 0. The van der Waals surface area contributed by atoms with Gasteiger partial charge in [0.1, 0.15) is 0 Å². The van der Waals surface area contributed by atoms with Crippen LogP contribution in [-0.4, -0.2) is 0 Å². The third-order valence-corrected chi connectivity index (χ3v) is 2.55. The molecule has 1 aliphatic carbocycles. The van der Waals surface area contributed by atoms with Gasteiger partial charge in [0, 0.05) is 5.69 Å². The zero-order valence-electron chi connectivity index (χ0n) is 7.79. The van der Waals surface area contributed by atoms with Crippen molar-refractivity contribution in [2.24, 2.45) is 0 Å². The van der Waals surface area contributed by atoms with E-state index < -0.39 is 0 Å². The van der Waals surface area contributed by atoms with Crippen molar-refractivity contribution in [2.75, 3.05) is 5.73 Å². The van der Waals surface area contributed by atoms with E-state index in [9.17, 15) is 0 Å². The normalized spacial score (nSPS) is 16.8. The molecule has 68 valence electrons. The van der Waals surface area contributed by atoms with E-state index in [1.165, 1.54) is 36.8 Å². The second-order valence-electron chi connectivity index (χ2n) is 3.60. The van der Waals surface area contributed by atoms with Crippen molar-refractivity contribution in [1.82, 2.24) is 0 Å². The summed E-state index contributed by atoms with van der Waals surface area (Å²) in [5, 5.41) is 0. The monoisotopic (exact) mass is 173 g/mol. The lowest BCUT2D eigenvalue weighted by Gasteiger charge is -2.12. The van der Waals surface area contributed by atoms with Crippen molar-refractivity contribution in [3.63, 3.8) is 0 Å². The van der Waals surface area contributed by atoms with Crippen LogP contribution in [0.3, 0.4) is 0 Å². The molecular weight excluding hydrogens is 158 g/mol. The molecule has 2 N–H and O–H groups in total. The van der Waals surface area contributed by atoms with Gasteiger partial charge >= 0.3 is 0 Å². The molecule has 0 atom stereocenters. The average molecular weight is 173 g/mol. The summed E-state index contributed by atoms with van der Waals surface area (Å²) >= 11 is 0. The molecule has 0 unspecified atom stereocenters. The molecule has 0 bridgehead atoms. The van der Waals surface area contributed by atoms with Crippen molar-refractivity contribution in [2.45, 2.75) is 25.7 Å². The summed E-state index contributed by atoms with van der Waals surface area (Å²) in [4.78, 5) is 0. The minimum absolute atomic E-state index is 0.865. The first kappa shape index (κ1) is 8.36. The number of anilines is 1. The van der Waals surface area contributed by atoms with E-state index in [0.717, 1.165) is 5.69 Å². The Labute approximate surface area is 79.3 Å². The van der Waals surface area contributed by atoms with Gasteiger partial charge in [-0.15, -0.1) is 0 Å². The lowest BCUT2D eigenvalue weighted by Crippen LogP contribution is -1.93. The molecule has 1 nitrogen and oxygen atoms in total. The van der Waals surface area contributed by atoms with Gasteiger partial charge in [-0.1, -0.05) is 18.2 Å². The number of nitrogen functional groups attached to an aromatic ring is 1. The van der Waals surface area contributed by atoms with Gasteiger partial charge < -0.3 is 5.73 Å². The highest BCUT2D eigenvalue weighted by atomic mass is 14.5. The van der Waals surface area contributed by atoms with E-state index in [2.05, 4.69) is 18.2 Å².